The van der Waals surface area contributed by atoms with E-state index in [0.29, 0.717) is 0 Å². The maximum absolute atomic E-state index is 12.2. The molecule has 1 N–H and O–H groups in total. The lowest BCUT2D eigenvalue weighted by molar-refractivity contribution is -0.126. The van der Waals surface area contributed by atoms with Gasteiger partial charge < -0.3 is 10.1 Å². The molecule has 0 radical (unpaired) electrons. The Morgan fingerprint density at radius 3 is 2.74 bits per heavy atom. The molecular weight excluding hydrogens is 276 g/mol. The monoisotopic (exact) mass is 289 g/mol. The summed E-state index contributed by atoms with van der Waals surface area (Å²) < 4.78 is 29.4. The number of anilines is 1. The summed E-state index contributed by atoms with van der Waals surface area (Å²) >= 11 is 1.08. The largest absolute Gasteiger partial charge is 0.462 e. The van der Waals surface area contributed by atoms with E-state index in [1.165, 1.54) is 0 Å². The first-order valence-corrected chi connectivity index (χ1v) is 6.80. The zero-order chi connectivity index (χ0) is 14.0. The minimum atomic E-state index is -3.11. The van der Waals surface area contributed by atoms with Gasteiger partial charge in [-0.1, -0.05) is 0 Å². The standard InChI is InChI=1S/C12H13F2NO3S/c1-2-18-12(17)8-7(6-3-4-6)5-19-11(8)15-10(16)9(13)14/h5-6,9H,2-4H2,1H3,(H,15,16). The molecule has 1 aliphatic rings. The SMILES string of the molecule is CCOC(=O)c1c(C2CC2)csc1NC(=O)C(F)F. The maximum atomic E-state index is 12.2. The minimum absolute atomic E-state index is 0.144. The Kier molecular flexibility index (Phi) is 4.14. The summed E-state index contributed by atoms with van der Waals surface area (Å²) in [6.07, 6.45) is -1.18. The van der Waals surface area contributed by atoms with Gasteiger partial charge in [-0.25, -0.2) is 4.79 Å². The van der Waals surface area contributed by atoms with E-state index in [1.54, 1.807) is 12.3 Å². The third-order valence-electron chi connectivity index (χ3n) is 2.75. The Morgan fingerprint density at radius 1 is 1.53 bits per heavy atom. The molecule has 0 saturated heterocycles. The van der Waals surface area contributed by atoms with E-state index in [0.717, 1.165) is 29.7 Å². The number of hydrogen-bond donors (Lipinski definition) is 1. The molecule has 1 fully saturated rings. The zero-order valence-corrected chi connectivity index (χ0v) is 11.1. The van der Waals surface area contributed by atoms with Crippen LogP contribution in [-0.2, 0) is 9.53 Å². The number of hydrogen-bond acceptors (Lipinski definition) is 4. The molecule has 1 amide bonds. The molecule has 7 heteroatoms. The number of halogens is 2. The van der Waals surface area contributed by atoms with E-state index in [-0.39, 0.29) is 23.1 Å². The third-order valence-corrected chi connectivity index (χ3v) is 3.66. The Morgan fingerprint density at radius 2 is 2.21 bits per heavy atom. The summed E-state index contributed by atoms with van der Waals surface area (Å²) in [5.41, 5.74) is 1.01. The quantitative estimate of drug-likeness (QED) is 0.848. The van der Waals surface area contributed by atoms with Gasteiger partial charge in [0.1, 0.15) is 5.00 Å². The molecule has 1 aromatic rings. The Labute approximate surface area is 112 Å². The number of carbonyl (C=O) groups excluding carboxylic acids is 2. The first-order chi connectivity index (χ1) is 9.04. The highest BCUT2D eigenvalue weighted by Crippen LogP contribution is 2.46. The van der Waals surface area contributed by atoms with Gasteiger partial charge in [0.15, 0.2) is 0 Å². The number of rotatable bonds is 5. The molecule has 1 saturated carbocycles. The highest BCUT2D eigenvalue weighted by atomic mass is 32.1. The number of esters is 1. The van der Waals surface area contributed by atoms with Crippen molar-refractivity contribution >= 4 is 28.2 Å². The van der Waals surface area contributed by atoms with Gasteiger partial charge in [-0.2, -0.15) is 8.78 Å². The second kappa shape index (κ2) is 5.64. The van der Waals surface area contributed by atoms with Crippen molar-refractivity contribution in [1.82, 2.24) is 0 Å². The van der Waals surface area contributed by atoms with Gasteiger partial charge in [0, 0.05) is 0 Å². The van der Waals surface area contributed by atoms with Crippen LogP contribution in [0.1, 0.15) is 41.6 Å². The molecule has 0 bridgehead atoms. The molecule has 4 nitrogen and oxygen atoms in total. The van der Waals surface area contributed by atoms with Crippen LogP contribution in [0.15, 0.2) is 5.38 Å². The van der Waals surface area contributed by atoms with E-state index in [9.17, 15) is 18.4 Å². The van der Waals surface area contributed by atoms with Crippen LogP contribution in [0.3, 0.4) is 0 Å². The highest BCUT2D eigenvalue weighted by molar-refractivity contribution is 7.15. The number of alkyl halides is 2. The first-order valence-electron chi connectivity index (χ1n) is 5.92. The van der Waals surface area contributed by atoms with Crippen molar-refractivity contribution in [3.63, 3.8) is 0 Å². The van der Waals surface area contributed by atoms with Gasteiger partial charge in [0.2, 0.25) is 0 Å². The van der Waals surface area contributed by atoms with Crippen LogP contribution in [0.5, 0.6) is 0 Å². The van der Waals surface area contributed by atoms with Crippen molar-refractivity contribution in [3.05, 3.63) is 16.5 Å². The van der Waals surface area contributed by atoms with E-state index < -0.39 is 18.3 Å². The molecule has 2 rings (SSSR count). The van der Waals surface area contributed by atoms with Crippen molar-refractivity contribution in [2.24, 2.45) is 0 Å². The van der Waals surface area contributed by atoms with Gasteiger partial charge in [-0.05, 0) is 36.6 Å². The Bertz CT molecular complexity index is 497. The zero-order valence-electron chi connectivity index (χ0n) is 10.2. The van der Waals surface area contributed by atoms with Crippen molar-refractivity contribution in [2.45, 2.75) is 32.1 Å². The Balaban J connectivity index is 2.27. The molecule has 1 aliphatic carbocycles. The molecule has 19 heavy (non-hydrogen) atoms. The summed E-state index contributed by atoms with van der Waals surface area (Å²) in [7, 11) is 0. The maximum Gasteiger partial charge on any atom is 0.341 e. The third kappa shape index (κ3) is 3.09. The highest BCUT2D eigenvalue weighted by Gasteiger charge is 2.32. The second-order valence-corrected chi connectivity index (χ2v) is 5.06. The van der Waals surface area contributed by atoms with E-state index in [1.807, 2.05) is 0 Å². The fourth-order valence-electron chi connectivity index (χ4n) is 1.74. The summed E-state index contributed by atoms with van der Waals surface area (Å²) in [6.45, 7) is 1.86. The van der Waals surface area contributed by atoms with Crippen LogP contribution >= 0.6 is 11.3 Å². The lowest BCUT2D eigenvalue weighted by atomic mass is 10.1. The molecule has 0 spiro atoms. The molecule has 0 aromatic carbocycles. The van der Waals surface area contributed by atoms with Crippen molar-refractivity contribution in [3.8, 4) is 0 Å². The number of amides is 1. The number of nitrogens with one attached hydrogen (secondary N) is 1. The molecule has 104 valence electrons. The van der Waals surface area contributed by atoms with Crippen molar-refractivity contribution < 1.29 is 23.1 Å². The number of carbonyl (C=O) groups is 2. The normalized spacial score (nSPS) is 14.5. The van der Waals surface area contributed by atoms with Gasteiger partial charge >= 0.3 is 12.4 Å². The minimum Gasteiger partial charge on any atom is -0.462 e. The molecule has 0 unspecified atom stereocenters. The van der Waals surface area contributed by atoms with Gasteiger partial charge in [-0.3, -0.25) is 4.79 Å². The molecule has 1 aromatic heterocycles. The van der Waals surface area contributed by atoms with Crippen molar-refractivity contribution in [1.29, 1.82) is 0 Å². The topological polar surface area (TPSA) is 55.4 Å². The summed E-state index contributed by atoms with van der Waals surface area (Å²) in [5.74, 6) is -1.71. The smallest absolute Gasteiger partial charge is 0.341 e. The molecular formula is C12H13F2NO3S. The molecule has 1 heterocycles. The van der Waals surface area contributed by atoms with Gasteiger partial charge in [-0.15, -0.1) is 11.3 Å². The van der Waals surface area contributed by atoms with Crippen LogP contribution in [0.2, 0.25) is 0 Å². The van der Waals surface area contributed by atoms with Crippen LogP contribution in [0.4, 0.5) is 13.8 Å². The fraction of sp³-hybridized carbons (Fsp3) is 0.500. The average molecular weight is 289 g/mol. The summed E-state index contributed by atoms with van der Waals surface area (Å²) in [4.78, 5) is 22.9. The van der Waals surface area contributed by atoms with E-state index >= 15 is 0 Å². The van der Waals surface area contributed by atoms with Gasteiger partial charge in [0.05, 0.1) is 12.2 Å². The van der Waals surface area contributed by atoms with Crippen LogP contribution < -0.4 is 5.32 Å². The lowest BCUT2D eigenvalue weighted by Crippen LogP contribution is -2.21. The molecule has 0 aliphatic heterocycles. The van der Waals surface area contributed by atoms with Crippen molar-refractivity contribution in [2.75, 3.05) is 11.9 Å². The predicted octanol–water partition coefficient (Wildman–Crippen LogP) is 3.01. The fourth-order valence-corrected chi connectivity index (χ4v) is 2.77. The van der Waals surface area contributed by atoms with Crippen LogP contribution in [0.25, 0.3) is 0 Å². The molecule has 0 atom stereocenters. The predicted molar refractivity (Wildman–Crippen MR) is 66.9 cm³/mol. The van der Waals surface area contributed by atoms with Gasteiger partial charge in [0.25, 0.3) is 5.91 Å². The summed E-state index contributed by atoms with van der Waals surface area (Å²) in [6, 6.07) is 0. The lowest BCUT2D eigenvalue weighted by Gasteiger charge is -2.07. The van der Waals surface area contributed by atoms with Crippen LogP contribution in [0, 0.1) is 0 Å². The van der Waals surface area contributed by atoms with E-state index in [2.05, 4.69) is 5.32 Å². The van der Waals surface area contributed by atoms with E-state index in [4.69, 9.17) is 4.74 Å². The Hall–Kier alpha value is -1.50. The first kappa shape index (κ1) is 13.9. The van der Waals surface area contributed by atoms with Crippen LogP contribution in [-0.4, -0.2) is 24.9 Å². The number of thiophene rings is 1. The average Bonchev–Trinajstić information content (AvgIpc) is 3.11. The number of ether oxygens (including phenoxy) is 1. The summed E-state index contributed by atoms with van der Waals surface area (Å²) in [5, 5.41) is 3.95. The second-order valence-electron chi connectivity index (χ2n) is 4.18.